The molecule has 2 aromatic rings. The Labute approximate surface area is 242 Å². The maximum atomic E-state index is 13.4. The van der Waals surface area contributed by atoms with Crippen LogP contribution < -0.4 is 5.32 Å². The van der Waals surface area contributed by atoms with Crippen LogP contribution >= 0.6 is 11.8 Å². The molecule has 1 aliphatic carbocycles. The first kappa shape index (κ1) is 30.3. The number of fused-ring (bicyclic) bond motifs is 1. The molecular formula is C32H43N3O4S. The number of carbonyl (C=O) groups excluding carboxylic acids is 2. The average molecular weight is 566 g/mol. The van der Waals surface area contributed by atoms with E-state index in [0.29, 0.717) is 34.4 Å². The van der Waals surface area contributed by atoms with Gasteiger partial charge in [-0.25, -0.2) is 4.99 Å². The van der Waals surface area contributed by atoms with Crippen molar-refractivity contribution in [1.82, 2.24) is 10.2 Å². The molecule has 3 N–H and O–H groups in total. The predicted molar refractivity (Wildman–Crippen MR) is 161 cm³/mol. The molecule has 1 heterocycles. The molecule has 1 aliphatic heterocycles. The lowest BCUT2D eigenvalue weighted by molar-refractivity contribution is -0.132. The number of piperidine rings is 1. The molecule has 1 saturated carbocycles. The van der Waals surface area contributed by atoms with Crippen molar-refractivity contribution in [3.8, 4) is 5.75 Å². The van der Waals surface area contributed by atoms with Crippen molar-refractivity contribution in [3.05, 3.63) is 59.7 Å². The molecule has 216 valence electrons. The maximum Gasteiger partial charge on any atom is 0.277 e. The van der Waals surface area contributed by atoms with E-state index in [-0.39, 0.29) is 29.8 Å². The first-order valence-electron chi connectivity index (χ1n) is 14.3. The number of nitrogens with one attached hydrogen (secondary N) is 1. The molecule has 2 amide bonds. The van der Waals surface area contributed by atoms with E-state index >= 15 is 0 Å². The smallest absolute Gasteiger partial charge is 0.277 e. The highest BCUT2D eigenvalue weighted by atomic mass is 32.2. The van der Waals surface area contributed by atoms with Crippen LogP contribution in [-0.4, -0.2) is 69.2 Å². The molecule has 0 bridgehead atoms. The number of β-amino-alcohol motifs (C(OH)–C–C–N with tert-alkyl or cyclic N) is 1. The van der Waals surface area contributed by atoms with Gasteiger partial charge in [0.15, 0.2) is 0 Å². The summed E-state index contributed by atoms with van der Waals surface area (Å²) >= 11 is 1.51. The molecule has 2 aromatic carbocycles. The number of benzene rings is 2. The first-order chi connectivity index (χ1) is 19.0. The van der Waals surface area contributed by atoms with Crippen LogP contribution in [-0.2, 0) is 4.79 Å². The average Bonchev–Trinajstić information content (AvgIpc) is 2.91. The third-order valence-corrected chi connectivity index (χ3v) is 9.05. The summed E-state index contributed by atoms with van der Waals surface area (Å²) in [6.45, 7) is 8.61. The summed E-state index contributed by atoms with van der Waals surface area (Å²) in [5.74, 6) is 0.889. The number of carbonyl (C=O) groups is 2. The van der Waals surface area contributed by atoms with Crippen molar-refractivity contribution < 1.29 is 19.8 Å². The number of aliphatic hydroxyl groups is 1. The number of thioether (sulfide) groups is 1. The zero-order valence-corrected chi connectivity index (χ0v) is 24.9. The highest BCUT2D eigenvalue weighted by Gasteiger charge is 2.41. The van der Waals surface area contributed by atoms with Gasteiger partial charge in [0, 0.05) is 40.4 Å². The fourth-order valence-corrected chi connectivity index (χ4v) is 6.80. The molecule has 1 saturated heterocycles. The van der Waals surface area contributed by atoms with Crippen LogP contribution in [0.1, 0.15) is 68.8 Å². The third-order valence-electron chi connectivity index (χ3n) is 8.01. The quantitative estimate of drug-likeness (QED) is 0.299. The number of amides is 2. The fourth-order valence-electron chi connectivity index (χ4n) is 5.88. The van der Waals surface area contributed by atoms with E-state index < -0.39 is 12.0 Å². The van der Waals surface area contributed by atoms with Crippen molar-refractivity contribution in [1.29, 1.82) is 0 Å². The Morgan fingerprint density at radius 2 is 1.77 bits per heavy atom. The molecule has 4 atom stereocenters. The van der Waals surface area contributed by atoms with E-state index in [4.69, 9.17) is 0 Å². The molecule has 0 radical (unpaired) electrons. The lowest BCUT2D eigenvalue weighted by Crippen LogP contribution is -2.59. The number of rotatable bonds is 8. The van der Waals surface area contributed by atoms with Crippen LogP contribution in [0.15, 0.2) is 58.4 Å². The van der Waals surface area contributed by atoms with Gasteiger partial charge in [-0.15, -0.1) is 11.8 Å². The van der Waals surface area contributed by atoms with Crippen LogP contribution in [0.2, 0.25) is 0 Å². The van der Waals surface area contributed by atoms with Crippen molar-refractivity contribution in [2.24, 2.45) is 16.8 Å². The lowest BCUT2D eigenvalue weighted by Gasteiger charge is -2.46. The van der Waals surface area contributed by atoms with Gasteiger partial charge >= 0.3 is 0 Å². The molecule has 40 heavy (non-hydrogen) atoms. The van der Waals surface area contributed by atoms with Crippen molar-refractivity contribution in [2.45, 2.75) is 82.4 Å². The summed E-state index contributed by atoms with van der Waals surface area (Å²) in [7, 11) is 0. The van der Waals surface area contributed by atoms with Crippen LogP contribution in [0.3, 0.4) is 0 Å². The number of aliphatic imine (C=N–C) groups is 1. The molecule has 2 fully saturated rings. The Bertz CT molecular complexity index is 1210. The summed E-state index contributed by atoms with van der Waals surface area (Å²) in [6, 6.07) is 14.3. The number of likely N-dealkylation sites (tertiary alicyclic amines) is 1. The standard InChI is InChI=1S/C32H43N3O4S/c1-21-25(15-10-16-28(21)36)30(38)33-26(20-40-24-13-6-5-7-14-24)29(37)19-35-18-23-12-9-8-11-22(23)17-27(35)31(39)34-32(2,3)4/h5-7,10,13-16,22-23,27,29,36-37H,8-9,11-12,17-20H2,1-4H3,(H,34,39)/b33-26+/t22-,23+,27-,29+/m0/s1. The van der Waals surface area contributed by atoms with Crippen LogP contribution in [0.25, 0.3) is 0 Å². The maximum absolute atomic E-state index is 13.4. The largest absolute Gasteiger partial charge is 0.508 e. The fraction of sp³-hybridized carbons (Fsp3) is 0.531. The first-order valence-corrected chi connectivity index (χ1v) is 15.3. The molecule has 0 aromatic heterocycles. The van der Waals surface area contributed by atoms with Gasteiger partial charge in [-0.2, -0.15) is 0 Å². The second-order valence-electron chi connectivity index (χ2n) is 12.2. The van der Waals surface area contributed by atoms with E-state index in [9.17, 15) is 19.8 Å². The van der Waals surface area contributed by atoms with Crippen molar-refractivity contribution in [3.63, 3.8) is 0 Å². The van der Waals surface area contributed by atoms with Crippen molar-refractivity contribution >= 4 is 29.3 Å². The third kappa shape index (κ3) is 7.95. The van der Waals surface area contributed by atoms with Crippen molar-refractivity contribution in [2.75, 3.05) is 18.8 Å². The van der Waals surface area contributed by atoms with E-state index in [1.165, 1.54) is 30.7 Å². The van der Waals surface area contributed by atoms with Crippen LogP contribution in [0.5, 0.6) is 5.75 Å². The number of hydrogen-bond donors (Lipinski definition) is 3. The molecule has 8 heteroatoms. The second kappa shape index (κ2) is 13.3. The summed E-state index contributed by atoms with van der Waals surface area (Å²) in [6.07, 6.45) is 4.47. The van der Waals surface area contributed by atoms with Crippen LogP contribution in [0.4, 0.5) is 0 Å². The van der Waals surface area contributed by atoms with Crippen LogP contribution in [0, 0.1) is 18.8 Å². The number of aliphatic hydroxyl groups excluding tert-OH is 1. The summed E-state index contributed by atoms with van der Waals surface area (Å²) in [5.41, 5.74) is 0.774. The predicted octanol–water partition coefficient (Wildman–Crippen LogP) is 5.23. The number of aromatic hydroxyl groups is 1. The van der Waals surface area contributed by atoms with Gasteiger partial charge in [0.05, 0.1) is 11.8 Å². The minimum Gasteiger partial charge on any atom is -0.508 e. The molecule has 7 nitrogen and oxygen atoms in total. The summed E-state index contributed by atoms with van der Waals surface area (Å²) < 4.78 is 0. The Hall–Kier alpha value is -2.68. The monoisotopic (exact) mass is 565 g/mol. The Morgan fingerprint density at radius 3 is 2.48 bits per heavy atom. The molecule has 0 spiro atoms. The number of hydrogen-bond acceptors (Lipinski definition) is 6. The van der Waals surface area contributed by atoms with E-state index in [1.54, 1.807) is 19.1 Å². The van der Waals surface area contributed by atoms with Gasteiger partial charge in [-0.1, -0.05) is 43.5 Å². The molecule has 2 aliphatic rings. The lowest BCUT2D eigenvalue weighted by atomic mass is 9.72. The Balaban J connectivity index is 1.59. The van der Waals surface area contributed by atoms with E-state index in [0.717, 1.165) is 30.7 Å². The number of nitrogens with zero attached hydrogens (tertiary/aromatic N) is 2. The van der Waals surface area contributed by atoms with Gasteiger partial charge in [0.25, 0.3) is 5.91 Å². The van der Waals surface area contributed by atoms with E-state index in [1.807, 2.05) is 51.1 Å². The van der Waals surface area contributed by atoms with Gasteiger partial charge in [0.2, 0.25) is 5.91 Å². The number of phenols is 1. The zero-order chi connectivity index (χ0) is 28.9. The molecule has 0 unspecified atom stereocenters. The Morgan fingerprint density at radius 1 is 1.07 bits per heavy atom. The summed E-state index contributed by atoms with van der Waals surface area (Å²) in [4.78, 5) is 34.2. The zero-order valence-electron chi connectivity index (χ0n) is 24.1. The van der Waals surface area contributed by atoms with E-state index in [2.05, 4.69) is 15.2 Å². The summed E-state index contributed by atoms with van der Waals surface area (Å²) in [5, 5.41) is 24.8. The molecule has 4 rings (SSSR count). The second-order valence-corrected chi connectivity index (χ2v) is 13.3. The topological polar surface area (TPSA) is 102 Å². The highest BCUT2D eigenvalue weighted by molar-refractivity contribution is 8.00. The van der Waals surface area contributed by atoms with Gasteiger partial charge < -0.3 is 15.5 Å². The SMILES string of the molecule is Cc1c(O)cccc1C(=O)/N=C(\CSc1ccccc1)[C@H](O)CN1C[C@H]2CCCC[C@H]2C[C@H]1C(=O)NC(C)(C)C. The van der Waals surface area contributed by atoms with Gasteiger partial charge in [0.1, 0.15) is 11.9 Å². The normalized spacial score (nSPS) is 22.8. The minimum absolute atomic E-state index is 0.00710. The number of phenolic OH excluding ortho intramolecular Hbond substituents is 1. The minimum atomic E-state index is -1.03. The van der Waals surface area contributed by atoms with Gasteiger partial charge in [-0.05, 0) is 76.6 Å². The van der Waals surface area contributed by atoms with Gasteiger partial charge in [-0.3, -0.25) is 14.5 Å². The molecular weight excluding hydrogens is 522 g/mol. The Kier molecular flexibility index (Phi) is 10.1. The highest BCUT2D eigenvalue weighted by Crippen LogP contribution is 2.39.